The standard InChI is InChI=1S/C42H36BrN3O5S/c1-5-50-35-25-32(43)31(24-34(35)49-4)39-37(41(48)51-6-2)26(3)44-42-46(39)40(47)36(52-42)23-29-22-33(27-16-10-7-11-17-27)45(30-20-14-9-15-21-30)38(29)28-18-12-8-13-19-28/h7-25,39H,5-6H2,1-4H3/b36-23+/t39-/m0/s1. The number of carbonyl (C=O) groups is 1. The van der Waals surface area contributed by atoms with Gasteiger partial charge in [-0.05, 0) is 73.9 Å². The summed E-state index contributed by atoms with van der Waals surface area (Å²) in [6.07, 6.45) is 1.94. The van der Waals surface area contributed by atoms with Gasteiger partial charge in [-0.2, -0.15) is 0 Å². The molecule has 0 spiro atoms. The molecule has 0 saturated carbocycles. The Bertz CT molecular complexity index is 2490. The van der Waals surface area contributed by atoms with Gasteiger partial charge >= 0.3 is 5.97 Å². The molecule has 0 fully saturated rings. The first kappa shape index (κ1) is 35.0. The zero-order valence-electron chi connectivity index (χ0n) is 29.1. The fourth-order valence-corrected chi connectivity index (χ4v) is 8.19. The van der Waals surface area contributed by atoms with Crippen molar-refractivity contribution in [2.24, 2.45) is 4.99 Å². The number of nitrogens with zero attached hydrogens (tertiary/aromatic N) is 3. The van der Waals surface area contributed by atoms with Gasteiger partial charge in [-0.25, -0.2) is 9.79 Å². The highest BCUT2D eigenvalue weighted by molar-refractivity contribution is 9.10. The van der Waals surface area contributed by atoms with E-state index in [1.165, 1.54) is 11.3 Å². The molecule has 10 heteroatoms. The highest BCUT2D eigenvalue weighted by atomic mass is 79.9. The van der Waals surface area contributed by atoms with Gasteiger partial charge in [0.05, 0.1) is 53.6 Å². The molecule has 0 radical (unpaired) electrons. The van der Waals surface area contributed by atoms with Gasteiger partial charge in [0.1, 0.15) is 0 Å². The van der Waals surface area contributed by atoms with Crippen LogP contribution in [0.2, 0.25) is 0 Å². The van der Waals surface area contributed by atoms with Crippen molar-refractivity contribution in [1.82, 2.24) is 9.13 Å². The maximum absolute atomic E-state index is 14.8. The molecular formula is C42H36BrN3O5S. The van der Waals surface area contributed by atoms with Gasteiger partial charge in [-0.15, -0.1) is 0 Å². The minimum absolute atomic E-state index is 0.172. The first-order chi connectivity index (χ1) is 25.3. The zero-order chi connectivity index (χ0) is 36.4. The molecule has 8 nitrogen and oxygen atoms in total. The predicted octanol–water partition coefficient (Wildman–Crippen LogP) is 8.09. The number of methoxy groups -OCH3 is 1. The molecule has 0 bridgehead atoms. The van der Waals surface area contributed by atoms with E-state index in [-0.39, 0.29) is 17.7 Å². The maximum atomic E-state index is 14.8. The Morgan fingerprint density at radius 3 is 2.17 bits per heavy atom. The summed E-state index contributed by atoms with van der Waals surface area (Å²) in [4.78, 5) is 33.7. The number of hydrogen-bond donors (Lipinski definition) is 0. The minimum atomic E-state index is -0.848. The van der Waals surface area contributed by atoms with E-state index in [2.05, 4.69) is 63.0 Å². The lowest BCUT2D eigenvalue weighted by molar-refractivity contribution is -0.139. The topological polar surface area (TPSA) is 84.1 Å². The van der Waals surface area contributed by atoms with E-state index in [1.807, 2.05) is 67.6 Å². The first-order valence-electron chi connectivity index (χ1n) is 17.0. The Kier molecular flexibility index (Phi) is 10.1. The van der Waals surface area contributed by atoms with E-state index in [0.29, 0.717) is 43.2 Å². The van der Waals surface area contributed by atoms with Crippen LogP contribution in [-0.2, 0) is 9.53 Å². The molecule has 1 aliphatic heterocycles. The van der Waals surface area contributed by atoms with Crippen LogP contribution >= 0.6 is 27.3 Å². The van der Waals surface area contributed by atoms with Crippen LogP contribution in [-0.4, -0.2) is 35.4 Å². The van der Waals surface area contributed by atoms with Gasteiger partial charge in [0.2, 0.25) is 0 Å². The van der Waals surface area contributed by atoms with Gasteiger partial charge in [0, 0.05) is 15.7 Å². The lowest BCUT2D eigenvalue weighted by Gasteiger charge is -2.26. The van der Waals surface area contributed by atoms with Crippen LogP contribution in [0.25, 0.3) is 34.3 Å². The molecule has 0 unspecified atom stereocenters. The minimum Gasteiger partial charge on any atom is -0.493 e. The van der Waals surface area contributed by atoms with Crippen molar-refractivity contribution in [2.75, 3.05) is 20.3 Å². The number of esters is 1. The van der Waals surface area contributed by atoms with Gasteiger partial charge in [0.25, 0.3) is 5.56 Å². The van der Waals surface area contributed by atoms with Crippen molar-refractivity contribution >= 4 is 39.3 Å². The lowest BCUT2D eigenvalue weighted by Crippen LogP contribution is -2.40. The zero-order valence-corrected chi connectivity index (χ0v) is 31.5. The number of rotatable bonds is 10. The molecular weight excluding hydrogens is 738 g/mol. The summed E-state index contributed by atoms with van der Waals surface area (Å²) in [6.45, 7) is 6.03. The third-order valence-electron chi connectivity index (χ3n) is 8.84. The third kappa shape index (κ3) is 6.44. The second kappa shape index (κ2) is 15.0. The molecule has 1 aliphatic rings. The monoisotopic (exact) mass is 773 g/mol. The predicted molar refractivity (Wildman–Crippen MR) is 209 cm³/mol. The highest BCUT2D eigenvalue weighted by Gasteiger charge is 2.35. The Balaban J connectivity index is 1.51. The third-order valence-corrected chi connectivity index (χ3v) is 10.5. The number of aromatic nitrogens is 2. The summed E-state index contributed by atoms with van der Waals surface area (Å²) < 4.78 is 22.0. The molecule has 6 aromatic rings. The van der Waals surface area contributed by atoms with Crippen molar-refractivity contribution in [3.05, 3.63) is 156 Å². The summed E-state index contributed by atoms with van der Waals surface area (Å²) in [6, 6.07) is 35.5. The van der Waals surface area contributed by atoms with E-state index in [0.717, 1.165) is 33.8 Å². The number of hydrogen-bond acceptors (Lipinski definition) is 7. The Labute approximate surface area is 313 Å². The number of carbonyl (C=O) groups excluding carboxylic acids is 1. The number of thiazole rings is 1. The van der Waals surface area contributed by atoms with Crippen LogP contribution in [0.3, 0.4) is 0 Å². The van der Waals surface area contributed by atoms with Crippen LogP contribution in [0.15, 0.2) is 135 Å². The average Bonchev–Trinajstić information content (AvgIpc) is 3.69. The molecule has 0 aliphatic carbocycles. The summed E-state index contributed by atoms with van der Waals surface area (Å²) in [7, 11) is 1.56. The van der Waals surface area contributed by atoms with Crippen LogP contribution < -0.4 is 24.4 Å². The van der Waals surface area contributed by atoms with E-state index in [4.69, 9.17) is 19.2 Å². The number of fused-ring (bicyclic) bond motifs is 1. The molecule has 0 saturated heterocycles. The van der Waals surface area contributed by atoms with Gasteiger partial charge < -0.3 is 18.8 Å². The van der Waals surface area contributed by atoms with Crippen molar-refractivity contribution < 1.29 is 19.0 Å². The van der Waals surface area contributed by atoms with E-state index >= 15 is 0 Å². The van der Waals surface area contributed by atoms with Crippen molar-refractivity contribution in [1.29, 1.82) is 0 Å². The number of para-hydroxylation sites is 1. The molecule has 3 heterocycles. The van der Waals surface area contributed by atoms with E-state index in [1.54, 1.807) is 37.7 Å². The number of ether oxygens (including phenoxy) is 3. The second-order valence-electron chi connectivity index (χ2n) is 12.0. The van der Waals surface area contributed by atoms with Crippen LogP contribution in [0.5, 0.6) is 11.5 Å². The molecule has 4 aromatic carbocycles. The average molecular weight is 775 g/mol. The summed E-state index contributed by atoms with van der Waals surface area (Å²) in [5.74, 6) is 0.474. The van der Waals surface area contributed by atoms with Gasteiger partial charge in [-0.3, -0.25) is 9.36 Å². The quantitative estimate of drug-likeness (QED) is 0.132. The number of benzene rings is 4. The van der Waals surface area contributed by atoms with E-state index < -0.39 is 12.0 Å². The number of halogens is 1. The van der Waals surface area contributed by atoms with Gasteiger partial charge in [0.15, 0.2) is 16.3 Å². The molecule has 1 atom stereocenters. The summed E-state index contributed by atoms with van der Waals surface area (Å²) in [5, 5.41) is 0. The molecule has 0 amide bonds. The largest absolute Gasteiger partial charge is 0.493 e. The van der Waals surface area contributed by atoms with Crippen molar-refractivity contribution in [3.63, 3.8) is 0 Å². The van der Waals surface area contributed by atoms with Crippen molar-refractivity contribution in [3.8, 4) is 39.7 Å². The molecule has 7 rings (SSSR count). The van der Waals surface area contributed by atoms with Gasteiger partial charge in [-0.1, -0.05) is 106 Å². The Morgan fingerprint density at radius 2 is 1.54 bits per heavy atom. The SMILES string of the molecule is CCOC(=O)C1=C(C)N=c2s/c(=C/c3cc(-c4ccccc4)n(-c4ccccc4)c3-c3ccccc3)c(=O)n2[C@H]1c1cc(OC)c(OCC)cc1Br. The van der Waals surface area contributed by atoms with Crippen molar-refractivity contribution in [2.45, 2.75) is 26.8 Å². The van der Waals surface area contributed by atoms with Crippen LogP contribution in [0, 0.1) is 0 Å². The molecule has 2 aromatic heterocycles. The summed E-state index contributed by atoms with van der Waals surface area (Å²) >= 11 is 5.00. The van der Waals surface area contributed by atoms with E-state index in [9.17, 15) is 9.59 Å². The fraction of sp³-hybridized carbons (Fsp3) is 0.167. The second-order valence-corrected chi connectivity index (χ2v) is 13.9. The van der Waals surface area contributed by atoms with Crippen LogP contribution in [0.1, 0.15) is 37.9 Å². The summed E-state index contributed by atoms with van der Waals surface area (Å²) in [5.41, 5.74) is 6.91. The molecule has 52 heavy (non-hydrogen) atoms. The smallest absolute Gasteiger partial charge is 0.338 e. The normalized spacial score (nSPS) is 14.2. The number of allylic oxidation sites excluding steroid dienone is 1. The van der Waals surface area contributed by atoms with Crippen LogP contribution in [0.4, 0.5) is 0 Å². The highest BCUT2D eigenvalue weighted by Crippen LogP contribution is 2.41. The Morgan fingerprint density at radius 1 is 0.885 bits per heavy atom. The first-order valence-corrected chi connectivity index (χ1v) is 18.6. The molecule has 0 N–H and O–H groups in total. The fourth-order valence-electron chi connectivity index (χ4n) is 6.61. The molecule has 262 valence electrons. The Hall–Kier alpha value is -5.45. The maximum Gasteiger partial charge on any atom is 0.338 e. The lowest BCUT2D eigenvalue weighted by atomic mass is 9.95.